The summed E-state index contributed by atoms with van der Waals surface area (Å²) in [4.78, 5) is 88.8. The van der Waals surface area contributed by atoms with Crippen LogP contribution in [0.4, 0.5) is 22.1 Å². The molecule has 18 heteroatoms. The van der Waals surface area contributed by atoms with E-state index in [1.165, 1.54) is 127 Å². The Bertz CT molecular complexity index is 2430. The molecule has 2 amide bonds. The van der Waals surface area contributed by atoms with Crippen molar-refractivity contribution in [2.24, 2.45) is 5.92 Å². The number of hydrogen-bond acceptors (Lipinski definition) is 14. The highest BCUT2D eigenvalue weighted by atomic mass is 32.2. The Morgan fingerprint density at radius 1 is 0.651 bits per heavy atom. The number of aromatic nitrogens is 3. The Balaban J connectivity index is 1.68. The second-order valence-corrected chi connectivity index (χ2v) is 26.7. The highest BCUT2D eigenvalue weighted by molar-refractivity contribution is 7.99. The lowest BCUT2D eigenvalue weighted by Gasteiger charge is -2.26. The van der Waals surface area contributed by atoms with Gasteiger partial charge in [-0.2, -0.15) is 11.8 Å². The number of fused-ring (bicyclic) bond motifs is 1. The summed E-state index contributed by atoms with van der Waals surface area (Å²) in [7, 11) is 0. The van der Waals surface area contributed by atoms with Gasteiger partial charge in [0.15, 0.2) is 11.6 Å². The summed E-state index contributed by atoms with van der Waals surface area (Å²) < 4.78 is 25.0. The van der Waals surface area contributed by atoms with Crippen LogP contribution in [0.15, 0.2) is 35.1 Å². The van der Waals surface area contributed by atoms with Gasteiger partial charge in [0.05, 0.1) is 36.2 Å². The lowest BCUT2D eigenvalue weighted by atomic mass is 9.98. The third-order valence-corrected chi connectivity index (χ3v) is 16.3. The molecule has 0 saturated heterocycles. The van der Waals surface area contributed by atoms with E-state index in [1.807, 2.05) is 32.9 Å². The van der Waals surface area contributed by atoms with Crippen LogP contribution in [-0.4, -0.2) is 98.9 Å². The summed E-state index contributed by atoms with van der Waals surface area (Å²) in [6, 6.07) is 7.77. The summed E-state index contributed by atoms with van der Waals surface area (Å²) >= 11 is 1.27. The minimum atomic E-state index is -1.11. The van der Waals surface area contributed by atoms with Gasteiger partial charge in [-0.15, -0.1) is 0 Å². The van der Waals surface area contributed by atoms with Gasteiger partial charge in [-0.05, 0) is 78.5 Å². The number of unbranched alkanes of at least 4 members (excludes halogenated alkanes) is 25. The van der Waals surface area contributed by atoms with Gasteiger partial charge in [-0.1, -0.05) is 193 Å². The van der Waals surface area contributed by atoms with Crippen molar-refractivity contribution in [3.8, 4) is 0 Å². The fourth-order valence-corrected chi connectivity index (χ4v) is 11.1. The number of nitrogens with one attached hydrogen (secondary N) is 4. The molecule has 0 aliphatic rings. The van der Waals surface area contributed by atoms with E-state index in [0.717, 1.165) is 69.9 Å². The molecule has 0 spiro atoms. The van der Waals surface area contributed by atoms with Crippen molar-refractivity contribution in [3.05, 3.63) is 46.4 Å². The zero-order valence-electron chi connectivity index (χ0n) is 54.7. The van der Waals surface area contributed by atoms with Crippen LogP contribution in [0.5, 0.6) is 0 Å². The van der Waals surface area contributed by atoms with Crippen LogP contribution in [0, 0.1) is 5.92 Å². The number of pyridine rings is 1. The van der Waals surface area contributed by atoms with Crippen LogP contribution in [0.3, 0.4) is 0 Å². The number of H-pyrrole nitrogens is 1. The first-order valence-electron chi connectivity index (χ1n) is 33.3. The maximum Gasteiger partial charge on any atom is 0.408 e. The largest absolute Gasteiger partial charge is 0.462 e. The number of hydrogen-bond donors (Lipinski definition) is 5. The predicted octanol–water partition coefficient (Wildman–Crippen LogP) is 15.9. The Labute approximate surface area is 521 Å². The second kappa shape index (κ2) is 43.5. The topological polar surface area (TPSA) is 235 Å². The van der Waals surface area contributed by atoms with Crippen LogP contribution in [0.1, 0.15) is 267 Å². The molecule has 1 aromatic carbocycles. The van der Waals surface area contributed by atoms with Crippen LogP contribution in [0.25, 0.3) is 11.0 Å². The zero-order valence-corrected chi connectivity index (χ0v) is 55.6. The Morgan fingerprint density at radius 3 is 1.67 bits per heavy atom. The standard InChI is InChI=1S/C68H115N7O10S/c1-10-13-16-18-20-22-24-26-28-30-32-34-36-38-60(77)82-49-55(84-61(78)39-37-35-33-31-29-27-25-23-21-19-17-14-11-2)50-86-51-56(72-66(81)85-68(7,8)9)58(76)45-53(48-83-67(4,5)6)64(79)71-54-42-40-52(41-43-54)47-75-57-46-59(70-44-15-12-3)73-63(69)62(57)74-65(75)80/h40-43,46,53,55-56H,10-39,44-45,47-51H2,1-9H3,(H,71,79)(H,72,81)(H,74,80)(H3,69,70,73)/t53-,55?,56-/m0/s1. The first-order chi connectivity index (χ1) is 41.2. The number of alkyl carbamates (subject to hydrolysis) is 1. The number of carbonyl (C=O) groups excluding carboxylic acids is 5. The third-order valence-electron chi connectivity index (χ3n) is 15.1. The van der Waals surface area contributed by atoms with Gasteiger partial charge in [0.25, 0.3) is 0 Å². The number of ether oxygens (including phenoxy) is 4. The summed E-state index contributed by atoms with van der Waals surface area (Å²) in [5.41, 5.74) is 6.72. The molecule has 0 bridgehead atoms. The molecule has 0 fully saturated rings. The van der Waals surface area contributed by atoms with Crippen molar-refractivity contribution in [3.63, 3.8) is 0 Å². The van der Waals surface area contributed by atoms with Gasteiger partial charge in [-0.3, -0.25) is 23.7 Å². The SMILES string of the molecule is CCCCCCCCCCCCCCCC(=O)OCC(CSC[C@H](NC(=O)OC(C)(C)C)C(=O)C[C@@H](COC(C)(C)C)C(=O)Nc1ccc(Cn2c(=O)[nH]c3c(N)nc(NCCCC)cc32)cc1)OC(=O)CCCCCCCCCCCCCCC. The molecule has 2 aromatic heterocycles. The smallest absolute Gasteiger partial charge is 0.408 e. The number of esters is 2. The lowest BCUT2D eigenvalue weighted by Crippen LogP contribution is -2.46. The van der Waals surface area contributed by atoms with Crippen molar-refractivity contribution >= 4 is 69.8 Å². The molecule has 0 radical (unpaired) electrons. The van der Waals surface area contributed by atoms with E-state index in [2.05, 4.69) is 46.7 Å². The van der Waals surface area contributed by atoms with Crippen molar-refractivity contribution < 1.29 is 42.9 Å². The van der Waals surface area contributed by atoms with Crippen molar-refractivity contribution in [1.29, 1.82) is 0 Å². The number of Topliss-reactive ketones (excluding diaryl/α,β-unsaturated/α-hetero) is 1. The summed E-state index contributed by atoms with van der Waals surface area (Å²) in [5, 5.41) is 8.98. The molecule has 2 heterocycles. The number of imidazole rings is 1. The number of amides is 2. The van der Waals surface area contributed by atoms with E-state index < -0.39 is 47.0 Å². The van der Waals surface area contributed by atoms with E-state index >= 15 is 0 Å². The number of rotatable bonds is 49. The highest BCUT2D eigenvalue weighted by Crippen LogP contribution is 2.24. The summed E-state index contributed by atoms with van der Waals surface area (Å²) in [6.45, 7) is 18.1. The summed E-state index contributed by atoms with van der Waals surface area (Å²) in [5.74, 6) is -1.55. The molecular weight excluding hydrogens is 1110 g/mol. The Morgan fingerprint density at radius 2 is 1.16 bits per heavy atom. The van der Waals surface area contributed by atoms with E-state index in [4.69, 9.17) is 24.7 Å². The number of ketones is 1. The Hall–Kier alpha value is -5.10. The molecular formula is C68H115N7O10S. The van der Waals surface area contributed by atoms with Gasteiger partial charge < -0.3 is 45.6 Å². The molecule has 86 heavy (non-hydrogen) atoms. The van der Waals surface area contributed by atoms with Gasteiger partial charge in [0, 0.05) is 49.1 Å². The molecule has 488 valence electrons. The van der Waals surface area contributed by atoms with E-state index in [9.17, 15) is 28.8 Å². The highest BCUT2D eigenvalue weighted by Gasteiger charge is 2.31. The monoisotopic (exact) mass is 1220 g/mol. The lowest BCUT2D eigenvalue weighted by molar-refractivity contribution is -0.157. The molecule has 3 rings (SSSR count). The van der Waals surface area contributed by atoms with Gasteiger partial charge in [0.1, 0.15) is 29.6 Å². The zero-order chi connectivity index (χ0) is 63.0. The van der Waals surface area contributed by atoms with Crippen molar-refractivity contribution in [2.45, 2.75) is 291 Å². The van der Waals surface area contributed by atoms with Gasteiger partial charge in [-0.25, -0.2) is 14.6 Å². The predicted molar refractivity (Wildman–Crippen MR) is 353 cm³/mol. The van der Waals surface area contributed by atoms with Crippen LogP contribution >= 0.6 is 11.8 Å². The first-order valence-corrected chi connectivity index (χ1v) is 34.5. The van der Waals surface area contributed by atoms with Crippen LogP contribution < -0.4 is 27.4 Å². The van der Waals surface area contributed by atoms with E-state index in [1.54, 1.807) is 43.5 Å². The molecule has 0 saturated carbocycles. The quantitative estimate of drug-likeness (QED) is 0.0201. The number of nitrogen functional groups attached to an aromatic ring is 1. The minimum absolute atomic E-state index is 0.0487. The number of nitrogens with two attached hydrogens (primary N) is 1. The maximum absolute atomic E-state index is 14.5. The molecule has 0 aliphatic heterocycles. The molecule has 3 aromatic rings. The number of thioether (sulfide) groups is 1. The number of aromatic amines is 1. The fourth-order valence-electron chi connectivity index (χ4n) is 10.1. The average molecular weight is 1220 g/mol. The number of benzene rings is 1. The maximum atomic E-state index is 14.5. The van der Waals surface area contributed by atoms with Crippen molar-refractivity contribution in [2.75, 3.05) is 47.6 Å². The molecule has 17 nitrogen and oxygen atoms in total. The number of anilines is 3. The van der Waals surface area contributed by atoms with Gasteiger partial charge in [0.2, 0.25) is 5.91 Å². The average Bonchev–Trinajstić information content (AvgIpc) is 1.88. The minimum Gasteiger partial charge on any atom is -0.462 e. The van der Waals surface area contributed by atoms with E-state index in [-0.39, 0.29) is 74.0 Å². The van der Waals surface area contributed by atoms with Gasteiger partial charge >= 0.3 is 23.7 Å². The first kappa shape index (κ1) is 75.2. The fraction of sp³-hybridized carbons (Fsp3) is 0.750. The summed E-state index contributed by atoms with van der Waals surface area (Å²) in [6.07, 6.45) is 31.7. The van der Waals surface area contributed by atoms with E-state index in [0.29, 0.717) is 29.0 Å². The van der Waals surface area contributed by atoms with Crippen LogP contribution in [-0.2, 0) is 44.7 Å². The number of carbonyl (C=O) groups is 5. The van der Waals surface area contributed by atoms with Crippen LogP contribution in [0.2, 0.25) is 0 Å². The second-order valence-electron chi connectivity index (χ2n) is 25.6. The molecule has 0 aliphatic carbocycles. The molecule has 1 unspecified atom stereocenters. The van der Waals surface area contributed by atoms with Crippen molar-refractivity contribution in [1.82, 2.24) is 19.9 Å². The Kier molecular flexibility index (Phi) is 38.0. The number of nitrogens with zero attached hydrogens (tertiary/aromatic N) is 2. The molecule has 3 atom stereocenters. The molecule has 6 N–H and O–H groups in total. The normalized spacial score (nSPS) is 12.8. The third kappa shape index (κ3) is 34.4.